The maximum atomic E-state index is 11.0. The number of aromatic nitrogens is 1. The summed E-state index contributed by atoms with van der Waals surface area (Å²) in [6.45, 7) is 0. The van der Waals surface area contributed by atoms with E-state index in [1.54, 1.807) is 19.2 Å². The quantitative estimate of drug-likeness (QED) is 0.917. The predicted molar refractivity (Wildman–Crippen MR) is 68.3 cm³/mol. The number of pyridine rings is 1. The summed E-state index contributed by atoms with van der Waals surface area (Å²) in [4.78, 5) is 16.4. The Bertz CT molecular complexity index is 572. The van der Waals surface area contributed by atoms with Crippen molar-refractivity contribution in [1.82, 2.24) is 4.98 Å². The minimum Gasteiger partial charge on any atom is -0.497 e. The van der Waals surface area contributed by atoms with Crippen LogP contribution in [0.1, 0.15) is 10.5 Å². The Morgan fingerprint density at radius 1 is 1.33 bits per heavy atom. The monoisotopic (exact) mass is 261 g/mol. The molecule has 1 aromatic heterocycles. The summed E-state index contributed by atoms with van der Waals surface area (Å²) in [5.74, 6) is -0.290. The Hall–Kier alpha value is -2.01. The van der Waals surface area contributed by atoms with Crippen LogP contribution < -0.4 is 4.74 Å². The summed E-state index contributed by atoms with van der Waals surface area (Å²) in [6.07, 6.45) is 1.47. The van der Waals surface area contributed by atoms with Crippen LogP contribution in [-0.4, -0.2) is 23.2 Å². The number of carboxylic acids is 1. The molecule has 1 aromatic carbocycles. The first-order valence-corrected chi connectivity index (χ1v) is 6.02. The smallest absolute Gasteiger partial charge is 0.355 e. The second kappa shape index (κ2) is 5.55. The van der Waals surface area contributed by atoms with Gasteiger partial charge in [0.25, 0.3) is 0 Å². The number of nitrogens with zero attached hydrogens (tertiary/aromatic N) is 1. The molecule has 0 aliphatic heterocycles. The molecule has 2 aromatic rings. The highest BCUT2D eigenvalue weighted by Crippen LogP contribution is 2.31. The van der Waals surface area contributed by atoms with Gasteiger partial charge in [0.05, 0.1) is 7.11 Å². The number of aromatic carboxylic acids is 1. The van der Waals surface area contributed by atoms with Crippen molar-refractivity contribution in [2.24, 2.45) is 0 Å². The average Bonchev–Trinajstić information content (AvgIpc) is 2.39. The molecule has 0 spiro atoms. The van der Waals surface area contributed by atoms with E-state index >= 15 is 0 Å². The molecule has 1 N–H and O–H groups in total. The van der Waals surface area contributed by atoms with Crippen molar-refractivity contribution in [2.45, 2.75) is 9.79 Å². The van der Waals surface area contributed by atoms with Crippen molar-refractivity contribution in [3.8, 4) is 5.75 Å². The van der Waals surface area contributed by atoms with Crippen molar-refractivity contribution in [3.05, 3.63) is 48.3 Å². The van der Waals surface area contributed by atoms with Gasteiger partial charge in [-0.2, -0.15) is 0 Å². The fourth-order valence-corrected chi connectivity index (χ4v) is 2.38. The van der Waals surface area contributed by atoms with Gasteiger partial charge in [-0.1, -0.05) is 17.8 Å². The van der Waals surface area contributed by atoms with Crippen LogP contribution in [0.25, 0.3) is 0 Å². The molecule has 0 fully saturated rings. The largest absolute Gasteiger partial charge is 0.497 e. The summed E-state index contributed by atoms with van der Waals surface area (Å²) in [6, 6.07) is 10.9. The molecule has 4 nitrogen and oxygen atoms in total. The van der Waals surface area contributed by atoms with Crippen LogP contribution >= 0.6 is 11.8 Å². The zero-order valence-electron chi connectivity index (χ0n) is 9.66. The third kappa shape index (κ3) is 2.81. The second-order valence-electron chi connectivity index (χ2n) is 3.44. The highest BCUT2D eigenvalue weighted by atomic mass is 32.2. The number of benzene rings is 1. The van der Waals surface area contributed by atoms with Gasteiger partial charge in [0.2, 0.25) is 0 Å². The number of rotatable bonds is 4. The lowest BCUT2D eigenvalue weighted by Gasteiger charge is -2.06. The van der Waals surface area contributed by atoms with E-state index in [4.69, 9.17) is 9.84 Å². The van der Waals surface area contributed by atoms with E-state index in [2.05, 4.69) is 4.98 Å². The lowest BCUT2D eigenvalue weighted by Crippen LogP contribution is -2.01. The lowest BCUT2D eigenvalue weighted by atomic mass is 10.3. The molecule has 1 heterocycles. The molecule has 5 heteroatoms. The normalized spacial score (nSPS) is 10.1. The van der Waals surface area contributed by atoms with Crippen molar-refractivity contribution < 1.29 is 14.6 Å². The highest BCUT2D eigenvalue weighted by molar-refractivity contribution is 7.99. The van der Waals surface area contributed by atoms with Crippen LogP contribution in [0.2, 0.25) is 0 Å². The van der Waals surface area contributed by atoms with Crippen molar-refractivity contribution in [3.63, 3.8) is 0 Å². The van der Waals surface area contributed by atoms with E-state index < -0.39 is 5.97 Å². The standard InChI is InChI=1S/C13H11NO3S/c1-17-9-4-2-5-10(8-9)18-11-6-3-7-14-12(11)13(15)16/h2-8H,1H3,(H,15,16). The van der Waals surface area contributed by atoms with Gasteiger partial charge in [-0.25, -0.2) is 9.78 Å². The summed E-state index contributed by atoms with van der Waals surface area (Å²) in [5, 5.41) is 9.04. The number of hydrogen-bond donors (Lipinski definition) is 1. The maximum Gasteiger partial charge on any atom is 0.355 e. The van der Waals surface area contributed by atoms with Crippen LogP contribution in [0.5, 0.6) is 5.75 Å². The van der Waals surface area contributed by atoms with Crippen LogP contribution in [-0.2, 0) is 0 Å². The van der Waals surface area contributed by atoms with Gasteiger partial charge in [0.15, 0.2) is 5.69 Å². The van der Waals surface area contributed by atoms with Crippen LogP contribution in [0.4, 0.5) is 0 Å². The Kier molecular flexibility index (Phi) is 3.84. The number of hydrogen-bond acceptors (Lipinski definition) is 4. The molecule has 0 unspecified atom stereocenters. The molecule has 0 saturated heterocycles. The maximum absolute atomic E-state index is 11.0. The summed E-state index contributed by atoms with van der Waals surface area (Å²) >= 11 is 1.35. The van der Waals surface area contributed by atoms with Gasteiger partial charge in [-0.15, -0.1) is 0 Å². The van der Waals surface area contributed by atoms with E-state index in [0.717, 1.165) is 10.6 Å². The van der Waals surface area contributed by atoms with Gasteiger partial charge in [-0.3, -0.25) is 0 Å². The van der Waals surface area contributed by atoms with E-state index in [1.165, 1.54) is 18.0 Å². The fourth-order valence-electron chi connectivity index (χ4n) is 1.43. The highest BCUT2D eigenvalue weighted by Gasteiger charge is 2.12. The topological polar surface area (TPSA) is 59.4 Å². The SMILES string of the molecule is COc1cccc(Sc2cccnc2C(=O)O)c1. The molecular weight excluding hydrogens is 250 g/mol. The first kappa shape index (κ1) is 12.4. The third-order valence-corrected chi connectivity index (χ3v) is 3.28. The van der Waals surface area contributed by atoms with E-state index in [9.17, 15) is 4.79 Å². The zero-order valence-corrected chi connectivity index (χ0v) is 10.5. The van der Waals surface area contributed by atoms with E-state index in [1.807, 2.05) is 24.3 Å². The fraction of sp³-hybridized carbons (Fsp3) is 0.0769. The molecule has 0 aliphatic carbocycles. The molecule has 0 aliphatic rings. The van der Waals surface area contributed by atoms with E-state index in [-0.39, 0.29) is 5.69 Å². The van der Waals surface area contributed by atoms with Crippen LogP contribution in [0.3, 0.4) is 0 Å². The number of methoxy groups -OCH3 is 1. The number of carboxylic acid groups (broad SMARTS) is 1. The Balaban J connectivity index is 2.31. The molecule has 0 radical (unpaired) electrons. The number of ether oxygens (including phenoxy) is 1. The minimum absolute atomic E-state index is 0.0605. The molecule has 0 saturated carbocycles. The Labute approximate surface area is 109 Å². The predicted octanol–water partition coefficient (Wildman–Crippen LogP) is 2.94. The van der Waals surface area contributed by atoms with Gasteiger partial charge in [0, 0.05) is 16.0 Å². The first-order valence-electron chi connectivity index (χ1n) is 5.21. The van der Waals surface area contributed by atoms with Crippen molar-refractivity contribution in [2.75, 3.05) is 7.11 Å². The molecule has 0 bridgehead atoms. The Morgan fingerprint density at radius 3 is 2.89 bits per heavy atom. The van der Waals surface area contributed by atoms with Crippen LogP contribution in [0.15, 0.2) is 52.4 Å². The third-order valence-electron chi connectivity index (χ3n) is 2.24. The lowest BCUT2D eigenvalue weighted by molar-refractivity contribution is 0.0686. The molecule has 2 rings (SSSR count). The summed E-state index contributed by atoms with van der Waals surface area (Å²) in [5.41, 5.74) is 0.0605. The molecule has 0 amide bonds. The Morgan fingerprint density at radius 2 is 2.17 bits per heavy atom. The van der Waals surface area contributed by atoms with Gasteiger partial charge in [-0.05, 0) is 30.3 Å². The molecule has 0 atom stereocenters. The molecular formula is C13H11NO3S. The summed E-state index contributed by atoms with van der Waals surface area (Å²) < 4.78 is 5.12. The van der Waals surface area contributed by atoms with E-state index in [0.29, 0.717) is 4.90 Å². The minimum atomic E-state index is -1.03. The molecule has 18 heavy (non-hydrogen) atoms. The first-order chi connectivity index (χ1) is 8.70. The second-order valence-corrected chi connectivity index (χ2v) is 4.55. The van der Waals surface area contributed by atoms with Gasteiger partial charge in [0.1, 0.15) is 5.75 Å². The summed E-state index contributed by atoms with van der Waals surface area (Å²) in [7, 11) is 1.59. The van der Waals surface area contributed by atoms with Crippen molar-refractivity contribution in [1.29, 1.82) is 0 Å². The van der Waals surface area contributed by atoms with Gasteiger partial charge < -0.3 is 9.84 Å². The van der Waals surface area contributed by atoms with Crippen LogP contribution in [0, 0.1) is 0 Å². The average molecular weight is 261 g/mol. The zero-order chi connectivity index (χ0) is 13.0. The van der Waals surface area contributed by atoms with Gasteiger partial charge >= 0.3 is 5.97 Å². The number of carbonyl (C=O) groups is 1. The van der Waals surface area contributed by atoms with Crippen molar-refractivity contribution >= 4 is 17.7 Å². The molecule has 92 valence electrons.